The van der Waals surface area contributed by atoms with Crippen molar-refractivity contribution in [3.63, 3.8) is 0 Å². The van der Waals surface area contributed by atoms with Crippen molar-refractivity contribution in [3.8, 4) is 0 Å². The van der Waals surface area contributed by atoms with E-state index < -0.39 is 17.7 Å². The van der Waals surface area contributed by atoms with Crippen molar-refractivity contribution in [2.45, 2.75) is 26.5 Å². The van der Waals surface area contributed by atoms with Gasteiger partial charge in [0.2, 0.25) is 0 Å². The van der Waals surface area contributed by atoms with Gasteiger partial charge in [0, 0.05) is 30.6 Å². The Morgan fingerprint density at radius 3 is 2.58 bits per heavy atom. The van der Waals surface area contributed by atoms with Gasteiger partial charge in [0.05, 0.1) is 6.10 Å². The number of aromatic nitrogens is 1. The maximum atomic E-state index is 13.5. The molecule has 4 heteroatoms. The summed E-state index contributed by atoms with van der Waals surface area (Å²) in [6, 6.07) is 5.36. The van der Waals surface area contributed by atoms with Crippen molar-refractivity contribution in [1.29, 1.82) is 0 Å². The molecule has 0 amide bonds. The fourth-order valence-corrected chi connectivity index (χ4v) is 1.96. The lowest BCUT2D eigenvalue weighted by Crippen LogP contribution is -2.05. The molecule has 0 saturated carbocycles. The van der Waals surface area contributed by atoms with E-state index in [4.69, 9.17) is 0 Å². The Balaban J connectivity index is 2.16. The first-order chi connectivity index (χ1) is 8.97. The Bertz CT molecular complexity index is 563. The summed E-state index contributed by atoms with van der Waals surface area (Å²) in [6.45, 7) is 4.18. The van der Waals surface area contributed by atoms with Gasteiger partial charge >= 0.3 is 0 Å². The van der Waals surface area contributed by atoms with E-state index in [9.17, 15) is 13.9 Å². The third-order valence-electron chi connectivity index (χ3n) is 3.11. The second-order valence-electron chi connectivity index (χ2n) is 5.04. The Labute approximate surface area is 111 Å². The quantitative estimate of drug-likeness (QED) is 0.899. The molecule has 2 nitrogen and oxygen atoms in total. The molecule has 0 fully saturated rings. The summed E-state index contributed by atoms with van der Waals surface area (Å²) >= 11 is 0. The zero-order chi connectivity index (χ0) is 14.0. The second kappa shape index (κ2) is 5.53. The van der Waals surface area contributed by atoms with Crippen LogP contribution in [0.25, 0.3) is 0 Å². The van der Waals surface area contributed by atoms with E-state index in [0.29, 0.717) is 12.1 Å². The van der Waals surface area contributed by atoms with Crippen molar-refractivity contribution in [1.82, 2.24) is 4.57 Å². The van der Waals surface area contributed by atoms with E-state index in [1.54, 1.807) is 17.0 Å². The molecule has 1 aromatic heterocycles. The van der Waals surface area contributed by atoms with Crippen molar-refractivity contribution in [2.75, 3.05) is 0 Å². The van der Waals surface area contributed by atoms with E-state index in [2.05, 4.69) is 0 Å². The van der Waals surface area contributed by atoms with Crippen LogP contribution in [0, 0.1) is 17.6 Å². The molecule has 1 atom stereocenters. The number of rotatable bonds is 4. The van der Waals surface area contributed by atoms with Gasteiger partial charge in [-0.05, 0) is 23.6 Å². The van der Waals surface area contributed by atoms with Crippen LogP contribution in [0.2, 0.25) is 0 Å². The van der Waals surface area contributed by atoms with Crippen LogP contribution in [0.15, 0.2) is 36.7 Å². The SMILES string of the molecule is CC(C)C(O)c1ccn(Cc2ccc(F)cc2F)c1. The molecule has 1 aromatic carbocycles. The third-order valence-corrected chi connectivity index (χ3v) is 3.11. The number of aliphatic hydroxyl groups is 1. The average Bonchev–Trinajstić information content (AvgIpc) is 2.80. The Kier molecular flexibility index (Phi) is 4.00. The highest BCUT2D eigenvalue weighted by atomic mass is 19.1. The van der Waals surface area contributed by atoms with E-state index in [-0.39, 0.29) is 5.92 Å². The summed E-state index contributed by atoms with van der Waals surface area (Å²) < 4.78 is 28.1. The fourth-order valence-electron chi connectivity index (χ4n) is 1.96. The van der Waals surface area contributed by atoms with Gasteiger partial charge in [0.15, 0.2) is 0 Å². The number of aliphatic hydroxyl groups excluding tert-OH is 1. The number of benzene rings is 1. The summed E-state index contributed by atoms with van der Waals surface area (Å²) in [5.74, 6) is -1.01. The minimum absolute atomic E-state index is 0.124. The Morgan fingerprint density at radius 2 is 1.95 bits per heavy atom. The molecule has 1 N–H and O–H groups in total. The molecule has 0 aliphatic heterocycles. The predicted molar refractivity (Wildman–Crippen MR) is 69.7 cm³/mol. The van der Waals surface area contributed by atoms with Gasteiger partial charge in [0.25, 0.3) is 0 Å². The fraction of sp³-hybridized carbons (Fsp3) is 0.333. The number of hydrogen-bond acceptors (Lipinski definition) is 1. The summed E-state index contributed by atoms with van der Waals surface area (Å²) in [5, 5.41) is 9.93. The maximum absolute atomic E-state index is 13.5. The Morgan fingerprint density at radius 1 is 1.21 bits per heavy atom. The first-order valence-electron chi connectivity index (χ1n) is 6.25. The van der Waals surface area contributed by atoms with Crippen LogP contribution in [-0.4, -0.2) is 9.67 Å². The van der Waals surface area contributed by atoms with Gasteiger partial charge in [-0.1, -0.05) is 19.9 Å². The minimum atomic E-state index is -0.579. The van der Waals surface area contributed by atoms with E-state index in [0.717, 1.165) is 11.6 Å². The maximum Gasteiger partial charge on any atom is 0.131 e. The van der Waals surface area contributed by atoms with Crippen LogP contribution < -0.4 is 0 Å². The van der Waals surface area contributed by atoms with Crippen molar-refractivity contribution in [3.05, 3.63) is 59.4 Å². The van der Waals surface area contributed by atoms with Crippen molar-refractivity contribution >= 4 is 0 Å². The van der Waals surface area contributed by atoms with Gasteiger partial charge in [-0.3, -0.25) is 0 Å². The van der Waals surface area contributed by atoms with Crippen LogP contribution in [0.4, 0.5) is 8.78 Å². The summed E-state index contributed by atoms with van der Waals surface area (Å²) in [6.07, 6.45) is 3.04. The average molecular weight is 265 g/mol. The van der Waals surface area contributed by atoms with Crippen LogP contribution in [0.5, 0.6) is 0 Å². The van der Waals surface area contributed by atoms with Gasteiger partial charge in [0.1, 0.15) is 11.6 Å². The molecular weight excluding hydrogens is 248 g/mol. The predicted octanol–water partition coefficient (Wildman–Crippen LogP) is 3.50. The smallest absolute Gasteiger partial charge is 0.131 e. The highest BCUT2D eigenvalue weighted by Gasteiger charge is 2.13. The molecule has 0 saturated heterocycles. The molecule has 102 valence electrons. The molecule has 0 radical (unpaired) electrons. The first kappa shape index (κ1) is 13.7. The van der Waals surface area contributed by atoms with Gasteiger partial charge in [-0.15, -0.1) is 0 Å². The van der Waals surface area contributed by atoms with Gasteiger partial charge in [-0.25, -0.2) is 8.78 Å². The topological polar surface area (TPSA) is 25.2 Å². The third kappa shape index (κ3) is 3.20. The summed E-state index contributed by atoms with van der Waals surface area (Å²) in [4.78, 5) is 0. The molecule has 1 heterocycles. The number of halogens is 2. The van der Waals surface area contributed by atoms with Crippen LogP contribution >= 0.6 is 0 Å². The Hall–Kier alpha value is -1.68. The molecule has 0 bridgehead atoms. The van der Waals surface area contributed by atoms with Gasteiger partial charge < -0.3 is 9.67 Å². The molecule has 0 aliphatic rings. The second-order valence-corrected chi connectivity index (χ2v) is 5.04. The lowest BCUT2D eigenvalue weighted by molar-refractivity contribution is 0.127. The molecule has 2 aromatic rings. The van der Waals surface area contributed by atoms with Crippen LogP contribution in [0.1, 0.15) is 31.1 Å². The molecule has 19 heavy (non-hydrogen) atoms. The van der Waals surface area contributed by atoms with Crippen molar-refractivity contribution in [2.24, 2.45) is 5.92 Å². The molecule has 0 spiro atoms. The van der Waals surface area contributed by atoms with Gasteiger partial charge in [-0.2, -0.15) is 0 Å². The zero-order valence-electron chi connectivity index (χ0n) is 11.0. The van der Waals surface area contributed by atoms with E-state index >= 15 is 0 Å². The molecule has 1 unspecified atom stereocenters. The minimum Gasteiger partial charge on any atom is -0.388 e. The standard InChI is InChI=1S/C15H17F2NO/c1-10(2)15(19)12-5-6-18(9-12)8-11-3-4-13(16)7-14(11)17/h3-7,9-10,15,19H,8H2,1-2H3. The highest BCUT2D eigenvalue weighted by molar-refractivity contribution is 5.21. The van der Waals surface area contributed by atoms with Crippen LogP contribution in [0.3, 0.4) is 0 Å². The molecule has 2 rings (SSSR count). The number of nitrogens with zero attached hydrogens (tertiary/aromatic N) is 1. The highest BCUT2D eigenvalue weighted by Crippen LogP contribution is 2.22. The van der Waals surface area contributed by atoms with E-state index in [1.165, 1.54) is 12.1 Å². The lowest BCUT2D eigenvalue weighted by Gasteiger charge is -2.12. The van der Waals surface area contributed by atoms with Crippen molar-refractivity contribution < 1.29 is 13.9 Å². The summed E-state index contributed by atoms with van der Waals surface area (Å²) in [5.41, 5.74) is 1.22. The largest absolute Gasteiger partial charge is 0.388 e. The molecule has 0 aliphatic carbocycles. The van der Waals surface area contributed by atoms with Crippen LogP contribution in [-0.2, 0) is 6.54 Å². The van der Waals surface area contributed by atoms with E-state index in [1.807, 2.05) is 19.9 Å². The monoisotopic (exact) mass is 265 g/mol. The lowest BCUT2D eigenvalue weighted by atomic mass is 10.0. The normalized spacial score (nSPS) is 12.9. The number of hydrogen-bond donors (Lipinski definition) is 1. The molecular formula is C15H17F2NO. The summed E-state index contributed by atoms with van der Waals surface area (Å²) in [7, 11) is 0. The first-order valence-corrected chi connectivity index (χ1v) is 6.25. The zero-order valence-corrected chi connectivity index (χ0v) is 11.0.